The first-order valence-electron chi connectivity index (χ1n) is 9.22. The minimum absolute atomic E-state index is 0.00158. The SMILES string of the molecule is O=P(c1ccccc1)(c1ccccc1)[C@@H](CCCO)[C@H](O)c1ccccc1. The highest BCUT2D eigenvalue weighted by Gasteiger charge is 2.40. The molecular weight excluding hydrogens is 355 g/mol. The highest BCUT2D eigenvalue weighted by atomic mass is 31.2. The van der Waals surface area contributed by atoms with Gasteiger partial charge in [-0.1, -0.05) is 91.0 Å². The Kier molecular flexibility index (Phi) is 6.63. The van der Waals surface area contributed by atoms with E-state index in [1.807, 2.05) is 91.0 Å². The molecule has 2 atom stereocenters. The van der Waals surface area contributed by atoms with Gasteiger partial charge < -0.3 is 14.8 Å². The molecule has 0 aromatic heterocycles. The van der Waals surface area contributed by atoms with Crippen molar-refractivity contribution in [3.05, 3.63) is 96.6 Å². The van der Waals surface area contributed by atoms with Gasteiger partial charge in [-0.2, -0.15) is 0 Å². The zero-order chi connectivity index (χ0) is 19.1. The van der Waals surface area contributed by atoms with Crippen LogP contribution in [0.2, 0.25) is 0 Å². The summed E-state index contributed by atoms with van der Waals surface area (Å²) in [6.07, 6.45) is 0.0651. The van der Waals surface area contributed by atoms with E-state index in [0.29, 0.717) is 12.8 Å². The zero-order valence-corrected chi connectivity index (χ0v) is 16.1. The van der Waals surface area contributed by atoms with Crippen LogP contribution in [0.25, 0.3) is 0 Å². The average molecular weight is 380 g/mol. The molecular formula is C23H25O3P. The average Bonchev–Trinajstić information content (AvgIpc) is 2.75. The van der Waals surface area contributed by atoms with Crippen LogP contribution in [0.5, 0.6) is 0 Å². The highest BCUT2D eigenvalue weighted by Crippen LogP contribution is 2.54. The molecule has 3 rings (SSSR count). The first kappa shape index (κ1) is 19.6. The topological polar surface area (TPSA) is 57.5 Å². The predicted molar refractivity (Wildman–Crippen MR) is 111 cm³/mol. The van der Waals surface area contributed by atoms with Crippen LogP contribution in [0.3, 0.4) is 0 Å². The van der Waals surface area contributed by atoms with Crippen LogP contribution in [-0.4, -0.2) is 22.5 Å². The predicted octanol–water partition coefficient (Wildman–Crippen LogP) is 3.88. The lowest BCUT2D eigenvalue weighted by atomic mass is 10.0. The van der Waals surface area contributed by atoms with Crippen molar-refractivity contribution < 1.29 is 14.8 Å². The van der Waals surface area contributed by atoms with Crippen LogP contribution in [0.15, 0.2) is 91.0 Å². The van der Waals surface area contributed by atoms with Crippen LogP contribution < -0.4 is 10.6 Å². The quantitative estimate of drug-likeness (QED) is 0.583. The van der Waals surface area contributed by atoms with Crippen molar-refractivity contribution in [3.63, 3.8) is 0 Å². The standard InChI is InChI=1S/C23H25O3P/c24-18-10-17-22(23(25)19-11-4-1-5-12-19)27(26,20-13-6-2-7-14-20)21-15-8-3-9-16-21/h1-9,11-16,22-25H,10,17-18H2/t22-,23+/m0/s1. The third kappa shape index (κ3) is 4.22. The molecule has 140 valence electrons. The van der Waals surface area contributed by atoms with Gasteiger partial charge in [0.15, 0.2) is 0 Å². The molecule has 3 aromatic rings. The van der Waals surface area contributed by atoms with Crippen LogP contribution in [0.1, 0.15) is 24.5 Å². The second-order valence-corrected chi connectivity index (χ2v) is 9.63. The van der Waals surface area contributed by atoms with E-state index < -0.39 is 18.9 Å². The molecule has 3 nitrogen and oxygen atoms in total. The highest BCUT2D eigenvalue weighted by molar-refractivity contribution is 7.79. The van der Waals surface area contributed by atoms with Crippen molar-refractivity contribution in [3.8, 4) is 0 Å². The Bertz CT molecular complexity index is 822. The Morgan fingerprint density at radius 1 is 0.741 bits per heavy atom. The zero-order valence-electron chi connectivity index (χ0n) is 15.2. The molecule has 0 aliphatic rings. The summed E-state index contributed by atoms with van der Waals surface area (Å²) in [6.45, 7) is 0.00158. The van der Waals surface area contributed by atoms with Gasteiger partial charge in [-0.3, -0.25) is 0 Å². The van der Waals surface area contributed by atoms with E-state index in [2.05, 4.69) is 0 Å². The largest absolute Gasteiger partial charge is 0.396 e. The van der Waals surface area contributed by atoms with E-state index in [-0.39, 0.29) is 6.61 Å². The lowest BCUT2D eigenvalue weighted by Crippen LogP contribution is -2.31. The third-order valence-corrected chi connectivity index (χ3v) is 8.52. The Balaban J connectivity index is 2.15. The molecule has 0 spiro atoms. The molecule has 0 heterocycles. The maximum Gasteiger partial charge on any atom is 0.149 e. The fourth-order valence-electron chi connectivity index (χ4n) is 3.54. The molecule has 4 heteroatoms. The van der Waals surface area contributed by atoms with Crippen LogP contribution in [-0.2, 0) is 4.57 Å². The molecule has 0 aliphatic heterocycles. The molecule has 0 fully saturated rings. The maximum absolute atomic E-state index is 14.6. The molecule has 0 saturated carbocycles. The molecule has 0 aliphatic carbocycles. The summed E-state index contributed by atoms with van der Waals surface area (Å²) in [5.74, 6) is 0. The minimum atomic E-state index is -3.15. The summed E-state index contributed by atoms with van der Waals surface area (Å²) in [5.41, 5.74) is 0.226. The van der Waals surface area contributed by atoms with Crippen molar-refractivity contribution in [2.24, 2.45) is 0 Å². The molecule has 0 radical (unpaired) electrons. The number of aliphatic hydroxyl groups excluding tert-OH is 2. The number of hydrogen-bond donors (Lipinski definition) is 2. The van der Waals surface area contributed by atoms with Gasteiger partial charge in [0.05, 0.1) is 11.8 Å². The second-order valence-electron chi connectivity index (χ2n) is 6.62. The molecule has 0 unspecified atom stereocenters. The Morgan fingerprint density at radius 3 is 1.63 bits per heavy atom. The lowest BCUT2D eigenvalue weighted by molar-refractivity contribution is 0.162. The summed E-state index contributed by atoms with van der Waals surface area (Å²) in [7, 11) is -3.15. The van der Waals surface area contributed by atoms with E-state index in [0.717, 1.165) is 16.2 Å². The van der Waals surface area contributed by atoms with Gasteiger partial charge in [0, 0.05) is 17.2 Å². The normalized spacial score (nSPS) is 13.9. The van der Waals surface area contributed by atoms with Gasteiger partial charge >= 0.3 is 0 Å². The fraction of sp³-hybridized carbons (Fsp3) is 0.217. The van der Waals surface area contributed by atoms with Crippen LogP contribution in [0.4, 0.5) is 0 Å². The van der Waals surface area contributed by atoms with Crippen molar-refractivity contribution >= 4 is 17.8 Å². The molecule has 0 amide bonds. The van der Waals surface area contributed by atoms with Crippen LogP contribution >= 0.6 is 7.14 Å². The fourth-order valence-corrected chi connectivity index (χ4v) is 6.95. The van der Waals surface area contributed by atoms with Gasteiger partial charge in [-0.15, -0.1) is 0 Å². The Hall–Kier alpha value is -2.19. The molecule has 27 heavy (non-hydrogen) atoms. The summed E-state index contributed by atoms with van der Waals surface area (Å²) < 4.78 is 14.6. The summed E-state index contributed by atoms with van der Waals surface area (Å²) >= 11 is 0. The minimum Gasteiger partial charge on any atom is -0.396 e. The molecule has 0 bridgehead atoms. The third-order valence-electron chi connectivity index (χ3n) is 4.91. The van der Waals surface area contributed by atoms with Gasteiger partial charge in [0.1, 0.15) is 7.14 Å². The van der Waals surface area contributed by atoms with Crippen molar-refractivity contribution in [1.82, 2.24) is 0 Å². The van der Waals surface area contributed by atoms with E-state index in [1.54, 1.807) is 0 Å². The number of benzene rings is 3. The van der Waals surface area contributed by atoms with Gasteiger partial charge in [0.25, 0.3) is 0 Å². The molecule has 2 N–H and O–H groups in total. The van der Waals surface area contributed by atoms with Crippen molar-refractivity contribution in [2.75, 3.05) is 6.61 Å². The number of hydrogen-bond acceptors (Lipinski definition) is 3. The van der Waals surface area contributed by atoms with E-state index in [9.17, 15) is 14.8 Å². The van der Waals surface area contributed by atoms with Gasteiger partial charge in [0.2, 0.25) is 0 Å². The number of rotatable bonds is 8. The Labute approximate surface area is 160 Å². The van der Waals surface area contributed by atoms with Crippen molar-refractivity contribution in [2.45, 2.75) is 24.6 Å². The smallest absolute Gasteiger partial charge is 0.149 e. The summed E-state index contributed by atoms with van der Waals surface area (Å²) in [4.78, 5) is 0. The van der Waals surface area contributed by atoms with Crippen LogP contribution in [0, 0.1) is 0 Å². The van der Waals surface area contributed by atoms with E-state index in [4.69, 9.17) is 0 Å². The first-order valence-corrected chi connectivity index (χ1v) is 11.0. The maximum atomic E-state index is 14.6. The second kappa shape index (κ2) is 9.14. The summed E-state index contributed by atoms with van der Waals surface area (Å²) in [6, 6.07) is 28.2. The van der Waals surface area contributed by atoms with Crippen molar-refractivity contribution in [1.29, 1.82) is 0 Å². The number of aliphatic hydroxyl groups is 2. The summed E-state index contributed by atoms with van der Waals surface area (Å²) in [5, 5.41) is 22.1. The molecule has 3 aromatic carbocycles. The van der Waals surface area contributed by atoms with E-state index in [1.165, 1.54) is 0 Å². The monoisotopic (exact) mass is 380 g/mol. The Morgan fingerprint density at radius 2 is 1.19 bits per heavy atom. The van der Waals surface area contributed by atoms with E-state index >= 15 is 0 Å². The molecule has 0 saturated heterocycles. The lowest BCUT2D eigenvalue weighted by Gasteiger charge is -2.32. The van der Waals surface area contributed by atoms with Gasteiger partial charge in [-0.25, -0.2) is 0 Å². The first-order chi connectivity index (χ1) is 13.2. The van der Waals surface area contributed by atoms with Gasteiger partial charge in [-0.05, 0) is 18.4 Å².